The Morgan fingerprint density at radius 1 is 1.29 bits per heavy atom. The normalized spacial score (nSPS) is 17.9. The molecule has 4 nitrogen and oxygen atoms in total. The molecule has 1 aliphatic rings. The molecule has 0 radical (unpaired) electrons. The van der Waals surface area contributed by atoms with Gasteiger partial charge in [-0.2, -0.15) is 0 Å². The summed E-state index contributed by atoms with van der Waals surface area (Å²) in [5.74, 6) is 2.03. The first-order valence-electron chi connectivity index (χ1n) is 8.71. The van der Waals surface area contributed by atoms with Gasteiger partial charge in [-0.05, 0) is 49.9 Å². The Labute approximate surface area is 142 Å². The number of nitrogens with one attached hydrogen (secondary N) is 2. The molecule has 1 atom stereocenters. The highest BCUT2D eigenvalue weighted by atomic mass is 19.1. The highest BCUT2D eigenvalue weighted by molar-refractivity contribution is 5.57. The number of halogens is 1. The maximum Gasteiger partial charge on any atom is 0.161 e. The van der Waals surface area contributed by atoms with Crippen molar-refractivity contribution in [3.05, 3.63) is 41.8 Å². The minimum atomic E-state index is -0.270. The summed E-state index contributed by atoms with van der Waals surface area (Å²) in [4.78, 5) is 9.21. The first-order chi connectivity index (χ1) is 11.6. The fourth-order valence-electron chi connectivity index (χ4n) is 2.96. The summed E-state index contributed by atoms with van der Waals surface area (Å²) in [6.07, 6.45) is 2.46. The molecule has 24 heavy (non-hydrogen) atoms. The molecule has 2 N–H and O–H groups in total. The summed E-state index contributed by atoms with van der Waals surface area (Å²) in [5.41, 5.74) is 1.67. The summed E-state index contributed by atoms with van der Waals surface area (Å²) in [6.45, 7) is 7.26. The van der Waals surface area contributed by atoms with E-state index in [9.17, 15) is 4.39 Å². The maximum atomic E-state index is 13.5. The van der Waals surface area contributed by atoms with Crippen molar-refractivity contribution < 1.29 is 4.39 Å². The van der Waals surface area contributed by atoms with Gasteiger partial charge in [-0.3, -0.25) is 0 Å². The Morgan fingerprint density at radius 2 is 2.17 bits per heavy atom. The third-order valence-electron chi connectivity index (χ3n) is 4.39. The summed E-state index contributed by atoms with van der Waals surface area (Å²) in [7, 11) is 0. The van der Waals surface area contributed by atoms with Gasteiger partial charge in [0.15, 0.2) is 5.82 Å². The van der Waals surface area contributed by atoms with Gasteiger partial charge in [-0.1, -0.05) is 26.0 Å². The Balaban J connectivity index is 1.82. The van der Waals surface area contributed by atoms with Crippen LogP contribution in [0, 0.1) is 11.7 Å². The van der Waals surface area contributed by atoms with E-state index < -0.39 is 0 Å². The van der Waals surface area contributed by atoms with E-state index in [1.54, 1.807) is 6.07 Å². The van der Waals surface area contributed by atoms with Crippen molar-refractivity contribution >= 4 is 5.82 Å². The van der Waals surface area contributed by atoms with Gasteiger partial charge < -0.3 is 10.6 Å². The van der Waals surface area contributed by atoms with Gasteiger partial charge in [0.2, 0.25) is 0 Å². The van der Waals surface area contributed by atoms with Crippen molar-refractivity contribution in [2.24, 2.45) is 5.92 Å². The van der Waals surface area contributed by atoms with Gasteiger partial charge in [-0.15, -0.1) is 0 Å². The molecule has 3 rings (SSSR count). The molecule has 0 spiro atoms. The fourth-order valence-corrected chi connectivity index (χ4v) is 2.96. The first-order valence-corrected chi connectivity index (χ1v) is 8.71. The average molecular weight is 328 g/mol. The molecule has 2 heterocycles. The average Bonchev–Trinajstić information content (AvgIpc) is 2.60. The summed E-state index contributed by atoms with van der Waals surface area (Å²) < 4.78 is 13.5. The Bertz CT molecular complexity index is 681. The van der Waals surface area contributed by atoms with E-state index >= 15 is 0 Å². The van der Waals surface area contributed by atoms with Gasteiger partial charge in [0.25, 0.3) is 0 Å². The van der Waals surface area contributed by atoms with Crippen molar-refractivity contribution in [3.8, 4) is 11.4 Å². The van der Waals surface area contributed by atoms with Crippen LogP contribution in [0.5, 0.6) is 0 Å². The van der Waals surface area contributed by atoms with Crippen LogP contribution in [-0.2, 0) is 0 Å². The number of hydrogen-bond acceptors (Lipinski definition) is 4. The van der Waals surface area contributed by atoms with Crippen LogP contribution in [0.25, 0.3) is 11.4 Å². The van der Waals surface area contributed by atoms with Crippen molar-refractivity contribution in [1.82, 2.24) is 15.3 Å². The quantitative estimate of drug-likeness (QED) is 0.876. The number of benzene rings is 1. The van der Waals surface area contributed by atoms with Crippen molar-refractivity contribution in [2.45, 2.75) is 32.6 Å². The molecule has 0 saturated carbocycles. The van der Waals surface area contributed by atoms with Crippen LogP contribution in [0.1, 0.15) is 38.3 Å². The second-order valence-electron chi connectivity index (χ2n) is 6.76. The molecular weight excluding hydrogens is 303 g/mol. The van der Waals surface area contributed by atoms with Crippen molar-refractivity contribution in [2.75, 3.05) is 25.0 Å². The van der Waals surface area contributed by atoms with E-state index in [-0.39, 0.29) is 11.7 Å². The lowest BCUT2D eigenvalue weighted by molar-refractivity contribution is 0.392. The van der Waals surface area contributed by atoms with Crippen LogP contribution in [0.4, 0.5) is 10.2 Å². The zero-order valence-corrected chi connectivity index (χ0v) is 14.3. The van der Waals surface area contributed by atoms with Crippen LogP contribution < -0.4 is 10.6 Å². The molecule has 1 aromatic heterocycles. The van der Waals surface area contributed by atoms with Gasteiger partial charge >= 0.3 is 0 Å². The van der Waals surface area contributed by atoms with Crippen LogP contribution in [0.15, 0.2) is 30.3 Å². The Kier molecular flexibility index (Phi) is 5.41. The topological polar surface area (TPSA) is 49.8 Å². The number of hydrogen-bond donors (Lipinski definition) is 2. The summed E-state index contributed by atoms with van der Waals surface area (Å²) >= 11 is 0. The molecule has 1 aliphatic heterocycles. The summed E-state index contributed by atoms with van der Waals surface area (Å²) in [5, 5.41) is 6.88. The van der Waals surface area contributed by atoms with Crippen LogP contribution in [-0.4, -0.2) is 29.6 Å². The smallest absolute Gasteiger partial charge is 0.161 e. The minimum Gasteiger partial charge on any atom is -0.370 e. The Morgan fingerprint density at radius 3 is 2.88 bits per heavy atom. The lowest BCUT2D eigenvalue weighted by atomic mass is 10.00. The van der Waals surface area contributed by atoms with E-state index in [0.717, 1.165) is 31.1 Å². The number of aromatic nitrogens is 2. The number of nitrogens with zero attached hydrogens (tertiary/aromatic N) is 2. The largest absolute Gasteiger partial charge is 0.370 e. The molecule has 0 aliphatic carbocycles. The zero-order chi connectivity index (χ0) is 16.9. The SMILES string of the molecule is CC(C)c1cc(NCC2CCCNC2)nc(-c2cccc(F)c2)n1. The molecule has 0 amide bonds. The highest BCUT2D eigenvalue weighted by Crippen LogP contribution is 2.23. The number of anilines is 1. The van der Waals surface area contributed by atoms with Crippen molar-refractivity contribution in [3.63, 3.8) is 0 Å². The monoisotopic (exact) mass is 328 g/mol. The first kappa shape index (κ1) is 16.8. The fraction of sp³-hybridized carbons (Fsp3) is 0.474. The van der Waals surface area contributed by atoms with Gasteiger partial charge in [0.05, 0.1) is 0 Å². The van der Waals surface area contributed by atoms with Crippen LogP contribution >= 0.6 is 0 Å². The highest BCUT2D eigenvalue weighted by Gasteiger charge is 2.14. The molecule has 1 aromatic carbocycles. The molecule has 128 valence electrons. The van der Waals surface area contributed by atoms with E-state index in [4.69, 9.17) is 0 Å². The molecule has 0 bridgehead atoms. The third-order valence-corrected chi connectivity index (χ3v) is 4.39. The van der Waals surface area contributed by atoms with Gasteiger partial charge in [0.1, 0.15) is 11.6 Å². The van der Waals surface area contributed by atoms with E-state index in [1.807, 2.05) is 12.1 Å². The predicted octanol–water partition coefficient (Wildman–Crippen LogP) is 3.82. The molecular formula is C19H25FN4. The standard InChI is InChI=1S/C19H25FN4/c1-13(2)17-10-18(22-12-14-5-4-8-21-11-14)24-19(23-17)15-6-3-7-16(20)9-15/h3,6-7,9-10,13-14,21H,4-5,8,11-12H2,1-2H3,(H,22,23,24). The molecule has 1 fully saturated rings. The second-order valence-corrected chi connectivity index (χ2v) is 6.76. The Hall–Kier alpha value is -2.01. The maximum absolute atomic E-state index is 13.5. The molecule has 1 unspecified atom stereocenters. The van der Waals surface area contributed by atoms with Gasteiger partial charge in [0, 0.05) is 23.9 Å². The van der Waals surface area contributed by atoms with E-state index in [2.05, 4.69) is 34.4 Å². The second kappa shape index (κ2) is 7.71. The molecule has 2 aromatic rings. The van der Waals surface area contributed by atoms with E-state index in [0.29, 0.717) is 17.3 Å². The van der Waals surface area contributed by atoms with Gasteiger partial charge in [-0.25, -0.2) is 14.4 Å². The summed E-state index contributed by atoms with van der Waals surface area (Å²) in [6, 6.07) is 8.46. The minimum absolute atomic E-state index is 0.270. The molecule has 1 saturated heterocycles. The number of piperidine rings is 1. The van der Waals surface area contributed by atoms with E-state index in [1.165, 1.54) is 25.0 Å². The van der Waals surface area contributed by atoms with Crippen LogP contribution in [0.3, 0.4) is 0 Å². The van der Waals surface area contributed by atoms with Crippen molar-refractivity contribution in [1.29, 1.82) is 0 Å². The zero-order valence-electron chi connectivity index (χ0n) is 14.3. The lowest BCUT2D eigenvalue weighted by Gasteiger charge is -2.23. The lowest BCUT2D eigenvalue weighted by Crippen LogP contribution is -2.33. The van der Waals surface area contributed by atoms with Crippen LogP contribution in [0.2, 0.25) is 0 Å². The molecule has 5 heteroatoms. The third kappa shape index (κ3) is 4.29. The number of rotatable bonds is 5. The predicted molar refractivity (Wildman–Crippen MR) is 95.6 cm³/mol.